The monoisotopic (exact) mass is 231 g/mol. The molecule has 1 saturated heterocycles. The van der Waals surface area contributed by atoms with E-state index in [1.165, 1.54) is 0 Å². The van der Waals surface area contributed by atoms with Gasteiger partial charge < -0.3 is 5.32 Å². The molecule has 0 radical (unpaired) electrons. The van der Waals surface area contributed by atoms with Gasteiger partial charge in [0.05, 0.1) is 15.2 Å². The number of hydrogen-bond acceptors (Lipinski definition) is 3. The molecule has 1 aliphatic heterocycles. The van der Waals surface area contributed by atoms with Gasteiger partial charge in [-0.15, -0.1) is 0 Å². The summed E-state index contributed by atoms with van der Waals surface area (Å²) in [6, 6.07) is 6.56. The maximum Gasteiger partial charge on any atom is 0.185 e. The van der Waals surface area contributed by atoms with Crippen molar-refractivity contribution in [3.8, 4) is 0 Å². The molecule has 5 heteroatoms. The molecule has 1 aromatic rings. The summed E-state index contributed by atoms with van der Waals surface area (Å²) in [6.45, 7) is 1.04. The molecule has 76 valence electrons. The van der Waals surface area contributed by atoms with E-state index in [2.05, 4.69) is 5.32 Å². The van der Waals surface area contributed by atoms with Crippen LogP contribution in [-0.4, -0.2) is 26.8 Å². The van der Waals surface area contributed by atoms with Crippen molar-refractivity contribution in [2.75, 3.05) is 13.1 Å². The predicted octanol–water partition coefficient (Wildman–Crippen LogP) is 1.09. The van der Waals surface area contributed by atoms with Gasteiger partial charge in [0, 0.05) is 13.1 Å². The van der Waals surface area contributed by atoms with Gasteiger partial charge >= 0.3 is 0 Å². The summed E-state index contributed by atoms with van der Waals surface area (Å²) in [6.07, 6.45) is 0. The molecular formula is C9H10ClNO2S. The molecule has 0 atom stereocenters. The molecule has 0 amide bonds. The summed E-state index contributed by atoms with van der Waals surface area (Å²) < 4.78 is 23.8. The SMILES string of the molecule is O=S(=O)(c1ccccc1Cl)C1CNC1. The van der Waals surface area contributed by atoms with Crippen molar-refractivity contribution < 1.29 is 8.42 Å². The molecule has 3 nitrogen and oxygen atoms in total. The fourth-order valence-corrected chi connectivity index (χ4v) is 3.44. The van der Waals surface area contributed by atoms with E-state index in [-0.39, 0.29) is 10.1 Å². The van der Waals surface area contributed by atoms with E-state index in [9.17, 15) is 8.42 Å². The van der Waals surface area contributed by atoms with Crippen LogP contribution in [0.2, 0.25) is 5.02 Å². The van der Waals surface area contributed by atoms with Gasteiger partial charge in [-0.2, -0.15) is 0 Å². The summed E-state index contributed by atoms with van der Waals surface area (Å²) >= 11 is 5.83. The average molecular weight is 232 g/mol. The Labute approximate surface area is 88.0 Å². The lowest BCUT2D eigenvalue weighted by molar-refractivity contribution is 0.495. The first kappa shape index (κ1) is 9.96. The van der Waals surface area contributed by atoms with Crippen molar-refractivity contribution in [2.24, 2.45) is 0 Å². The lowest BCUT2D eigenvalue weighted by atomic mass is 10.3. The minimum absolute atomic E-state index is 0.244. The number of sulfone groups is 1. The standard InChI is InChI=1S/C9H10ClNO2S/c10-8-3-1-2-4-9(8)14(12,13)7-5-11-6-7/h1-4,7,11H,5-6H2. The Bertz CT molecular complexity index is 440. The number of hydrogen-bond donors (Lipinski definition) is 1. The molecule has 0 bridgehead atoms. The molecule has 0 aliphatic carbocycles. The van der Waals surface area contributed by atoms with Crippen LogP contribution in [0.4, 0.5) is 0 Å². The van der Waals surface area contributed by atoms with Crippen molar-refractivity contribution in [1.29, 1.82) is 0 Å². The van der Waals surface area contributed by atoms with E-state index in [4.69, 9.17) is 11.6 Å². The summed E-state index contributed by atoms with van der Waals surface area (Å²) in [5, 5.41) is 2.92. The van der Waals surface area contributed by atoms with Gasteiger partial charge in [0.1, 0.15) is 0 Å². The smallest absolute Gasteiger partial charge is 0.185 e. The fourth-order valence-electron chi connectivity index (χ4n) is 1.34. The Balaban J connectivity index is 2.43. The second-order valence-corrected chi connectivity index (χ2v) is 5.86. The third-order valence-electron chi connectivity index (χ3n) is 2.33. The molecule has 1 fully saturated rings. The zero-order valence-corrected chi connectivity index (χ0v) is 8.98. The number of halogens is 1. The normalized spacial score (nSPS) is 17.8. The van der Waals surface area contributed by atoms with Crippen molar-refractivity contribution in [3.63, 3.8) is 0 Å². The summed E-state index contributed by atoms with van der Waals surface area (Å²) in [5.41, 5.74) is 0. The summed E-state index contributed by atoms with van der Waals surface area (Å²) in [5.74, 6) is 0. The first-order valence-corrected chi connectivity index (χ1v) is 6.24. The van der Waals surface area contributed by atoms with Crippen LogP contribution in [0.3, 0.4) is 0 Å². The quantitative estimate of drug-likeness (QED) is 0.829. The maximum atomic E-state index is 11.9. The van der Waals surface area contributed by atoms with Crippen molar-refractivity contribution in [2.45, 2.75) is 10.1 Å². The van der Waals surface area contributed by atoms with Crippen LogP contribution in [0.25, 0.3) is 0 Å². The Morgan fingerprint density at radius 1 is 1.29 bits per heavy atom. The van der Waals surface area contributed by atoms with E-state index < -0.39 is 9.84 Å². The molecule has 2 rings (SSSR count). The zero-order chi connectivity index (χ0) is 10.2. The van der Waals surface area contributed by atoms with E-state index in [0.717, 1.165) is 0 Å². The molecule has 0 saturated carbocycles. The molecule has 1 N–H and O–H groups in total. The van der Waals surface area contributed by atoms with E-state index in [0.29, 0.717) is 18.1 Å². The Morgan fingerprint density at radius 2 is 1.93 bits per heavy atom. The molecule has 0 aromatic heterocycles. The molecular weight excluding hydrogens is 222 g/mol. The number of nitrogens with one attached hydrogen (secondary N) is 1. The minimum Gasteiger partial charge on any atom is -0.314 e. The van der Waals surface area contributed by atoms with Gasteiger partial charge in [-0.05, 0) is 12.1 Å². The largest absolute Gasteiger partial charge is 0.314 e. The van der Waals surface area contributed by atoms with Crippen LogP contribution in [0.5, 0.6) is 0 Å². The van der Waals surface area contributed by atoms with Gasteiger partial charge in [-0.1, -0.05) is 23.7 Å². The first-order valence-electron chi connectivity index (χ1n) is 4.31. The highest BCUT2D eigenvalue weighted by atomic mass is 35.5. The second-order valence-electron chi connectivity index (χ2n) is 3.26. The van der Waals surface area contributed by atoms with Crippen molar-refractivity contribution >= 4 is 21.4 Å². The van der Waals surface area contributed by atoms with Crippen LogP contribution in [0.1, 0.15) is 0 Å². The zero-order valence-electron chi connectivity index (χ0n) is 7.40. The second kappa shape index (κ2) is 3.53. The van der Waals surface area contributed by atoms with Crippen LogP contribution in [0, 0.1) is 0 Å². The fraction of sp³-hybridized carbons (Fsp3) is 0.333. The number of benzene rings is 1. The average Bonchev–Trinajstić information content (AvgIpc) is 2.00. The van der Waals surface area contributed by atoms with Gasteiger partial charge in [0.15, 0.2) is 9.84 Å². The van der Waals surface area contributed by atoms with Gasteiger partial charge in [-0.3, -0.25) is 0 Å². The highest BCUT2D eigenvalue weighted by Crippen LogP contribution is 2.25. The van der Waals surface area contributed by atoms with Crippen LogP contribution in [0.15, 0.2) is 29.2 Å². The lowest BCUT2D eigenvalue weighted by Crippen LogP contribution is -2.51. The molecule has 1 aromatic carbocycles. The molecule has 14 heavy (non-hydrogen) atoms. The summed E-state index contributed by atoms with van der Waals surface area (Å²) in [4.78, 5) is 0.244. The maximum absolute atomic E-state index is 11.9. The van der Waals surface area contributed by atoms with Crippen molar-refractivity contribution in [3.05, 3.63) is 29.3 Å². The highest BCUT2D eigenvalue weighted by Gasteiger charge is 2.33. The van der Waals surface area contributed by atoms with E-state index in [1.54, 1.807) is 24.3 Å². The van der Waals surface area contributed by atoms with Gasteiger partial charge in [-0.25, -0.2) is 8.42 Å². The van der Waals surface area contributed by atoms with Gasteiger partial charge in [0.2, 0.25) is 0 Å². The number of rotatable bonds is 2. The topological polar surface area (TPSA) is 46.2 Å². The molecule has 1 aliphatic rings. The van der Waals surface area contributed by atoms with E-state index >= 15 is 0 Å². The Kier molecular flexibility index (Phi) is 2.51. The van der Waals surface area contributed by atoms with Gasteiger partial charge in [0.25, 0.3) is 0 Å². The Hall–Kier alpha value is -0.580. The molecule has 0 unspecified atom stereocenters. The summed E-state index contributed by atoms with van der Waals surface area (Å²) in [7, 11) is -3.23. The molecule has 0 spiro atoms. The Morgan fingerprint density at radius 3 is 2.43 bits per heavy atom. The third-order valence-corrected chi connectivity index (χ3v) is 4.95. The first-order chi connectivity index (χ1) is 6.62. The third kappa shape index (κ3) is 1.54. The van der Waals surface area contributed by atoms with Crippen LogP contribution < -0.4 is 5.32 Å². The lowest BCUT2D eigenvalue weighted by Gasteiger charge is -2.27. The predicted molar refractivity (Wildman–Crippen MR) is 55.3 cm³/mol. The minimum atomic E-state index is -3.23. The van der Waals surface area contributed by atoms with Crippen molar-refractivity contribution in [1.82, 2.24) is 5.32 Å². The van der Waals surface area contributed by atoms with Crippen LogP contribution >= 0.6 is 11.6 Å². The highest BCUT2D eigenvalue weighted by molar-refractivity contribution is 7.92. The van der Waals surface area contributed by atoms with Crippen LogP contribution in [-0.2, 0) is 9.84 Å². The van der Waals surface area contributed by atoms with E-state index in [1.807, 2.05) is 0 Å². The molecule has 1 heterocycles.